The summed E-state index contributed by atoms with van der Waals surface area (Å²) >= 11 is 0. The number of hydrogen-bond donors (Lipinski definition) is 1. The van der Waals surface area contributed by atoms with Crippen molar-refractivity contribution in [1.29, 1.82) is 0 Å². The number of rotatable bonds is 4. The first-order chi connectivity index (χ1) is 12.7. The van der Waals surface area contributed by atoms with Crippen LogP contribution in [0.15, 0.2) is 24.3 Å². The third-order valence-corrected chi connectivity index (χ3v) is 3.97. The molecule has 2 heterocycles. The molecule has 0 unspecified atom stereocenters. The Morgan fingerprint density at radius 1 is 0.889 bits per heavy atom. The maximum atomic E-state index is 11.1. The largest absolute Gasteiger partial charge is 0.493 e. The van der Waals surface area contributed by atoms with Gasteiger partial charge in [-0.15, -0.1) is 0 Å². The number of aromatic nitrogens is 4. The van der Waals surface area contributed by atoms with Crippen molar-refractivity contribution < 1.29 is 15.0 Å². The molecule has 0 amide bonds. The molecule has 0 fully saturated rings. The minimum Gasteiger partial charge on any atom is -0.493 e. The highest BCUT2D eigenvalue weighted by Crippen LogP contribution is 2.31. The first-order valence-electron chi connectivity index (χ1n) is 7.73. The topological polar surface area (TPSA) is 150 Å². The number of nitro benzene ring substituents is 2. The number of benzene rings is 1. The van der Waals surface area contributed by atoms with Crippen molar-refractivity contribution in [2.45, 2.75) is 20.8 Å². The van der Waals surface area contributed by atoms with Gasteiger partial charge < -0.3 is 5.11 Å². The minimum atomic E-state index is -0.730. The molecule has 0 aliphatic rings. The molecule has 0 spiro atoms. The summed E-state index contributed by atoms with van der Waals surface area (Å²) in [5, 5.41) is 36.6. The zero-order chi connectivity index (χ0) is 19.9. The predicted molar refractivity (Wildman–Crippen MR) is 93.8 cm³/mol. The number of hydrogen-bond acceptors (Lipinski definition) is 8. The normalized spacial score (nSPS) is 10.8. The van der Waals surface area contributed by atoms with Crippen LogP contribution in [-0.2, 0) is 0 Å². The van der Waals surface area contributed by atoms with Crippen molar-refractivity contribution in [2.24, 2.45) is 0 Å². The summed E-state index contributed by atoms with van der Waals surface area (Å²) < 4.78 is 1.13. The van der Waals surface area contributed by atoms with E-state index in [-0.39, 0.29) is 17.1 Å². The van der Waals surface area contributed by atoms with E-state index in [9.17, 15) is 25.3 Å². The van der Waals surface area contributed by atoms with Crippen LogP contribution in [0.4, 0.5) is 11.4 Å². The lowest BCUT2D eigenvalue weighted by Gasteiger charge is -2.08. The highest BCUT2D eigenvalue weighted by Gasteiger charge is 2.21. The average molecular weight is 370 g/mol. The van der Waals surface area contributed by atoms with E-state index in [2.05, 4.69) is 15.1 Å². The van der Waals surface area contributed by atoms with Gasteiger partial charge in [-0.25, -0.2) is 4.98 Å². The van der Waals surface area contributed by atoms with Crippen LogP contribution in [0.25, 0.3) is 17.1 Å². The van der Waals surface area contributed by atoms with E-state index < -0.39 is 21.2 Å². The van der Waals surface area contributed by atoms with Gasteiger partial charge in [0.2, 0.25) is 5.88 Å². The first kappa shape index (κ1) is 17.9. The van der Waals surface area contributed by atoms with E-state index in [1.54, 1.807) is 20.8 Å². The van der Waals surface area contributed by atoms with Crippen LogP contribution in [-0.4, -0.2) is 34.7 Å². The molecular formula is C16H14N6O5. The highest BCUT2D eigenvalue weighted by molar-refractivity contribution is 5.68. The van der Waals surface area contributed by atoms with Crippen LogP contribution >= 0.6 is 0 Å². The van der Waals surface area contributed by atoms with Gasteiger partial charge in [0.25, 0.3) is 11.4 Å². The Labute approximate surface area is 152 Å². The van der Waals surface area contributed by atoms with E-state index in [0.717, 1.165) is 28.6 Å². The summed E-state index contributed by atoms with van der Waals surface area (Å²) in [7, 11) is 0. The predicted octanol–water partition coefficient (Wildman–Crippen LogP) is 2.78. The van der Waals surface area contributed by atoms with Crippen LogP contribution in [0.3, 0.4) is 0 Å². The second-order valence-electron chi connectivity index (χ2n) is 5.86. The van der Waals surface area contributed by atoms with Gasteiger partial charge in [0.05, 0.1) is 38.7 Å². The molecule has 3 rings (SSSR count). The molecular weight excluding hydrogens is 356 g/mol. The molecule has 0 atom stereocenters. The van der Waals surface area contributed by atoms with Crippen LogP contribution in [0.5, 0.6) is 5.88 Å². The lowest BCUT2D eigenvalue weighted by Crippen LogP contribution is -2.07. The van der Waals surface area contributed by atoms with Crippen LogP contribution < -0.4 is 0 Å². The molecule has 0 aliphatic carbocycles. The molecule has 11 heteroatoms. The van der Waals surface area contributed by atoms with Crippen molar-refractivity contribution >= 4 is 11.4 Å². The van der Waals surface area contributed by atoms with Gasteiger partial charge in [-0.1, -0.05) is 0 Å². The summed E-state index contributed by atoms with van der Waals surface area (Å²) in [5.41, 5.74) is 1.26. The van der Waals surface area contributed by atoms with E-state index >= 15 is 0 Å². The molecule has 0 bridgehead atoms. The van der Waals surface area contributed by atoms with Crippen molar-refractivity contribution in [3.05, 3.63) is 61.6 Å². The Morgan fingerprint density at radius 2 is 1.44 bits per heavy atom. The van der Waals surface area contributed by atoms with E-state index in [4.69, 9.17) is 0 Å². The molecule has 3 aromatic rings. The van der Waals surface area contributed by atoms with Crippen LogP contribution in [0.2, 0.25) is 0 Å². The fraction of sp³-hybridized carbons (Fsp3) is 0.188. The minimum absolute atomic E-state index is 0.124. The standard InChI is InChI=1S/C16H14N6O5/c1-8-9(2)18-16(10(3)17-8)20-15(23)7-14(19-20)11-4-12(21(24)25)6-13(5-11)22(26)27/h4-7,23H,1-3H3. The summed E-state index contributed by atoms with van der Waals surface area (Å²) in [6.07, 6.45) is 0. The SMILES string of the molecule is Cc1nc(C)c(-n2nc(-c3cc([N+](=O)[O-])cc([N+](=O)[O-])c3)cc2O)nc1C. The number of nitro groups is 2. The van der Waals surface area contributed by atoms with Gasteiger partial charge in [-0.3, -0.25) is 25.2 Å². The van der Waals surface area contributed by atoms with Crippen molar-refractivity contribution in [1.82, 2.24) is 19.7 Å². The second-order valence-corrected chi connectivity index (χ2v) is 5.86. The summed E-state index contributed by atoms with van der Waals surface area (Å²) in [4.78, 5) is 29.4. The molecule has 0 radical (unpaired) electrons. The maximum absolute atomic E-state index is 11.1. The van der Waals surface area contributed by atoms with Gasteiger partial charge >= 0.3 is 0 Å². The molecule has 1 N–H and O–H groups in total. The molecule has 2 aromatic heterocycles. The third kappa shape index (κ3) is 3.29. The molecule has 1 aromatic carbocycles. The molecule has 11 nitrogen and oxygen atoms in total. The van der Waals surface area contributed by atoms with Crippen molar-refractivity contribution in [3.8, 4) is 23.0 Å². The Hall–Kier alpha value is -3.89. The van der Waals surface area contributed by atoms with Crippen LogP contribution in [0, 0.1) is 41.0 Å². The monoisotopic (exact) mass is 370 g/mol. The zero-order valence-electron chi connectivity index (χ0n) is 14.6. The quantitative estimate of drug-likeness (QED) is 0.544. The lowest BCUT2D eigenvalue weighted by molar-refractivity contribution is -0.394. The van der Waals surface area contributed by atoms with Gasteiger partial charge in [-0.05, 0) is 20.8 Å². The average Bonchev–Trinajstić information content (AvgIpc) is 2.99. The maximum Gasteiger partial charge on any atom is 0.276 e. The number of non-ortho nitro benzene ring substituents is 2. The van der Waals surface area contributed by atoms with Gasteiger partial charge in [0.15, 0.2) is 5.82 Å². The third-order valence-electron chi connectivity index (χ3n) is 3.97. The summed E-state index contributed by atoms with van der Waals surface area (Å²) in [5.74, 6) is 0.0154. The van der Waals surface area contributed by atoms with Crippen molar-refractivity contribution in [3.63, 3.8) is 0 Å². The van der Waals surface area contributed by atoms with Crippen molar-refractivity contribution in [2.75, 3.05) is 0 Å². The summed E-state index contributed by atoms with van der Waals surface area (Å²) in [6.45, 7) is 5.26. The van der Waals surface area contributed by atoms with E-state index in [1.807, 2.05) is 0 Å². The van der Waals surface area contributed by atoms with Crippen LogP contribution in [0.1, 0.15) is 17.1 Å². The number of nitrogens with zero attached hydrogens (tertiary/aromatic N) is 6. The molecule has 0 aliphatic heterocycles. The lowest BCUT2D eigenvalue weighted by atomic mass is 10.1. The highest BCUT2D eigenvalue weighted by atomic mass is 16.6. The molecule has 0 saturated carbocycles. The number of aromatic hydroxyl groups is 1. The van der Waals surface area contributed by atoms with E-state index in [0.29, 0.717) is 17.2 Å². The van der Waals surface area contributed by atoms with E-state index in [1.165, 1.54) is 6.07 Å². The fourth-order valence-corrected chi connectivity index (χ4v) is 2.53. The molecule has 0 saturated heterocycles. The fourth-order valence-electron chi connectivity index (χ4n) is 2.53. The zero-order valence-corrected chi connectivity index (χ0v) is 14.6. The Morgan fingerprint density at radius 3 is 2.00 bits per heavy atom. The first-order valence-corrected chi connectivity index (χ1v) is 7.73. The second kappa shape index (κ2) is 6.44. The Balaban J connectivity index is 2.16. The van der Waals surface area contributed by atoms with Gasteiger partial charge in [-0.2, -0.15) is 9.78 Å². The Bertz CT molecular complexity index is 1060. The molecule has 138 valence electrons. The van der Waals surface area contributed by atoms with Gasteiger partial charge in [0, 0.05) is 23.8 Å². The number of aryl methyl sites for hydroxylation is 3. The Kier molecular flexibility index (Phi) is 4.27. The van der Waals surface area contributed by atoms with Gasteiger partial charge in [0.1, 0.15) is 0 Å². The smallest absolute Gasteiger partial charge is 0.276 e. The summed E-state index contributed by atoms with van der Waals surface area (Å²) in [6, 6.07) is 4.41. The molecule has 27 heavy (non-hydrogen) atoms.